The molecule has 0 aromatic carbocycles. The second-order valence-corrected chi connectivity index (χ2v) is 4.39. The highest BCUT2D eigenvalue weighted by molar-refractivity contribution is 6.03. The zero-order valence-corrected chi connectivity index (χ0v) is 11.4. The third kappa shape index (κ3) is 3.50. The van der Waals surface area contributed by atoms with Crippen molar-refractivity contribution in [2.75, 3.05) is 6.61 Å². The molecule has 1 aromatic rings. The average molecular weight is 261 g/mol. The zero-order chi connectivity index (χ0) is 14.3. The van der Waals surface area contributed by atoms with Gasteiger partial charge in [-0.1, -0.05) is 12.1 Å². The van der Waals surface area contributed by atoms with Gasteiger partial charge in [0.1, 0.15) is 11.2 Å². The molecule has 0 bridgehead atoms. The number of ketones is 1. The molecule has 0 fully saturated rings. The van der Waals surface area contributed by atoms with Crippen LogP contribution in [0.3, 0.4) is 0 Å². The fraction of sp³-hybridized carbons (Fsp3) is 0.400. The largest absolute Gasteiger partial charge is 0.465 e. The summed E-state index contributed by atoms with van der Waals surface area (Å²) < 4.78 is 5.07. The molecule has 0 saturated carbocycles. The minimum atomic E-state index is -1.19. The Morgan fingerprint density at radius 1 is 1.53 bits per heavy atom. The Hall–Kier alpha value is -1.97. The van der Waals surface area contributed by atoms with Crippen LogP contribution in [0, 0.1) is 5.41 Å². The minimum Gasteiger partial charge on any atom is -0.465 e. The smallest absolute Gasteiger partial charge is 0.320 e. The van der Waals surface area contributed by atoms with Gasteiger partial charge < -0.3 is 4.74 Å². The van der Waals surface area contributed by atoms with Crippen molar-refractivity contribution in [3.63, 3.8) is 0 Å². The third-order valence-electron chi connectivity index (χ3n) is 3.06. The van der Waals surface area contributed by atoms with E-state index in [4.69, 9.17) is 4.74 Å². The molecule has 102 valence electrons. The maximum Gasteiger partial charge on any atom is 0.320 e. The van der Waals surface area contributed by atoms with E-state index in [2.05, 4.69) is 11.6 Å². The number of carbonyl (C=O) groups is 2. The Morgan fingerprint density at radius 2 is 2.26 bits per heavy atom. The van der Waals surface area contributed by atoms with E-state index in [1.165, 1.54) is 6.92 Å². The Bertz CT molecular complexity index is 456. The number of nitrogens with zero attached hydrogens (tertiary/aromatic N) is 1. The van der Waals surface area contributed by atoms with Gasteiger partial charge in [-0.25, -0.2) is 0 Å². The minimum absolute atomic E-state index is 0.213. The third-order valence-corrected chi connectivity index (χ3v) is 3.06. The summed E-state index contributed by atoms with van der Waals surface area (Å²) in [6.07, 6.45) is 5.42. The predicted octanol–water partition coefficient (Wildman–Crippen LogP) is 2.34. The van der Waals surface area contributed by atoms with E-state index >= 15 is 0 Å². The van der Waals surface area contributed by atoms with Crippen LogP contribution in [-0.4, -0.2) is 23.3 Å². The van der Waals surface area contributed by atoms with Crippen LogP contribution in [0.4, 0.5) is 0 Å². The molecule has 1 heterocycles. The molecule has 1 atom stereocenters. The van der Waals surface area contributed by atoms with E-state index in [0.717, 1.165) is 5.56 Å². The van der Waals surface area contributed by atoms with Gasteiger partial charge in [0.2, 0.25) is 0 Å². The molecule has 0 aliphatic carbocycles. The molecule has 0 N–H and O–H groups in total. The monoisotopic (exact) mass is 261 g/mol. The quantitative estimate of drug-likeness (QED) is 0.429. The van der Waals surface area contributed by atoms with Crippen molar-refractivity contribution < 1.29 is 14.3 Å². The van der Waals surface area contributed by atoms with Gasteiger partial charge in [0.15, 0.2) is 0 Å². The lowest BCUT2D eigenvalue weighted by molar-refractivity contribution is -0.159. The predicted molar refractivity (Wildman–Crippen MR) is 72.5 cm³/mol. The first kappa shape index (κ1) is 15.1. The lowest BCUT2D eigenvalue weighted by Crippen LogP contribution is -2.41. The molecular formula is C15H19NO3. The number of pyridine rings is 1. The summed E-state index contributed by atoms with van der Waals surface area (Å²) in [6.45, 7) is 7.02. The number of allylic oxidation sites excluding steroid dienone is 1. The summed E-state index contributed by atoms with van der Waals surface area (Å²) in [5, 5.41) is 0. The molecule has 0 unspecified atom stereocenters. The maximum absolute atomic E-state index is 12.2. The fourth-order valence-electron chi connectivity index (χ4n) is 2.01. The lowest BCUT2D eigenvalue weighted by atomic mass is 9.75. The van der Waals surface area contributed by atoms with Crippen LogP contribution >= 0.6 is 0 Å². The lowest BCUT2D eigenvalue weighted by Gasteiger charge is -2.27. The molecule has 0 aliphatic rings. The Kier molecular flexibility index (Phi) is 5.42. The van der Waals surface area contributed by atoms with Crippen molar-refractivity contribution in [2.24, 2.45) is 5.41 Å². The Morgan fingerprint density at radius 3 is 2.74 bits per heavy atom. The van der Waals surface area contributed by atoms with E-state index in [0.29, 0.717) is 0 Å². The van der Waals surface area contributed by atoms with Gasteiger partial charge in [-0.05, 0) is 38.3 Å². The molecule has 0 amide bonds. The van der Waals surface area contributed by atoms with Crippen molar-refractivity contribution in [1.29, 1.82) is 0 Å². The van der Waals surface area contributed by atoms with Crippen molar-refractivity contribution in [3.8, 4) is 0 Å². The van der Waals surface area contributed by atoms with Crippen LogP contribution in [0.25, 0.3) is 0 Å². The summed E-state index contributed by atoms with van der Waals surface area (Å²) in [6, 6.07) is 3.62. The van der Waals surface area contributed by atoms with Gasteiger partial charge in [0.05, 0.1) is 6.61 Å². The van der Waals surface area contributed by atoms with Gasteiger partial charge in [0.25, 0.3) is 0 Å². The van der Waals surface area contributed by atoms with Crippen molar-refractivity contribution in [2.45, 2.75) is 26.7 Å². The van der Waals surface area contributed by atoms with E-state index in [1.54, 1.807) is 31.5 Å². The summed E-state index contributed by atoms with van der Waals surface area (Å²) in [4.78, 5) is 28.2. The van der Waals surface area contributed by atoms with Crippen LogP contribution in [0.1, 0.15) is 25.8 Å². The molecule has 0 saturated heterocycles. The molecule has 0 aliphatic heterocycles. The molecule has 4 heteroatoms. The maximum atomic E-state index is 12.2. The molecular weight excluding hydrogens is 242 g/mol. The molecule has 19 heavy (non-hydrogen) atoms. The zero-order valence-electron chi connectivity index (χ0n) is 11.4. The fourth-order valence-corrected chi connectivity index (χ4v) is 2.01. The van der Waals surface area contributed by atoms with Crippen molar-refractivity contribution >= 4 is 11.8 Å². The van der Waals surface area contributed by atoms with Crippen LogP contribution in [0.5, 0.6) is 0 Å². The average Bonchev–Trinajstić information content (AvgIpc) is 2.39. The van der Waals surface area contributed by atoms with Gasteiger partial charge in [0, 0.05) is 12.4 Å². The van der Waals surface area contributed by atoms with E-state index < -0.39 is 11.4 Å². The highest BCUT2D eigenvalue weighted by atomic mass is 16.5. The highest BCUT2D eigenvalue weighted by Crippen LogP contribution is 2.30. The topological polar surface area (TPSA) is 56.3 Å². The van der Waals surface area contributed by atoms with Crippen LogP contribution in [0.15, 0.2) is 37.2 Å². The number of esters is 1. The molecule has 0 spiro atoms. The van der Waals surface area contributed by atoms with Crippen LogP contribution < -0.4 is 0 Å². The number of carbonyl (C=O) groups excluding carboxylic acids is 2. The molecule has 1 aromatic heterocycles. The standard InChI is InChI=1S/C15H19NO3/c1-4-8-15(12(3)17,14(18)19-5-2)10-13-7-6-9-16-11-13/h4,6-7,9,11H,1,5,8,10H2,2-3H3/t15-/m0/s1. The van der Waals surface area contributed by atoms with Gasteiger partial charge in [-0.2, -0.15) is 0 Å². The van der Waals surface area contributed by atoms with Crippen molar-refractivity contribution in [1.82, 2.24) is 4.98 Å². The summed E-state index contributed by atoms with van der Waals surface area (Å²) in [7, 11) is 0. The molecule has 0 radical (unpaired) electrons. The van der Waals surface area contributed by atoms with Crippen LogP contribution in [-0.2, 0) is 20.7 Å². The number of hydrogen-bond donors (Lipinski definition) is 0. The number of hydrogen-bond acceptors (Lipinski definition) is 4. The number of Topliss-reactive ketones (excluding diaryl/α,β-unsaturated/α-hetero) is 1. The Balaban J connectivity index is 3.12. The summed E-state index contributed by atoms with van der Waals surface area (Å²) >= 11 is 0. The number of aromatic nitrogens is 1. The first-order valence-corrected chi connectivity index (χ1v) is 6.25. The van der Waals surface area contributed by atoms with Gasteiger partial charge in [-0.3, -0.25) is 14.6 Å². The normalized spacial score (nSPS) is 13.4. The Labute approximate surface area is 113 Å². The second kappa shape index (κ2) is 6.83. The van der Waals surface area contributed by atoms with E-state index in [-0.39, 0.29) is 25.2 Å². The SMILES string of the molecule is C=CC[C@](Cc1cccnc1)(C(C)=O)C(=O)OCC. The van der Waals surface area contributed by atoms with Gasteiger partial charge >= 0.3 is 5.97 Å². The number of ether oxygens (including phenoxy) is 1. The summed E-state index contributed by atoms with van der Waals surface area (Å²) in [5.41, 5.74) is -0.367. The summed E-state index contributed by atoms with van der Waals surface area (Å²) in [5.74, 6) is -0.707. The highest BCUT2D eigenvalue weighted by Gasteiger charge is 2.43. The van der Waals surface area contributed by atoms with Crippen LogP contribution in [0.2, 0.25) is 0 Å². The van der Waals surface area contributed by atoms with E-state index in [9.17, 15) is 9.59 Å². The first-order chi connectivity index (χ1) is 9.06. The van der Waals surface area contributed by atoms with Crippen molar-refractivity contribution in [3.05, 3.63) is 42.7 Å². The molecule has 4 nitrogen and oxygen atoms in total. The van der Waals surface area contributed by atoms with E-state index in [1.807, 2.05) is 6.07 Å². The first-order valence-electron chi connectivity index (χ1n) is 6.25. The van der Waals surface area contributed by atoms with Gasteiger partial charge in [-0.15, -0.1) is 6.58 Å². The number of rotatable bonds is 7. The molecule has 1 rings (SSSR count). The second-order valence-electron chi connectivity index (χ2n) is 4.39.